The first kappa shape index (κ1) is 12.3. The Bertz CT molecular complexity index is 368. The number of nitrogens with zero attached hydrogens (tertiary/aromatic N) is 4. The number of anilines is 1. The van der Waals surface area contributed by atoms with Gasteiger partial charge in [-0.3, -0.25) is 0 Å². The third-order valence-electron chi connectivity index (χ3n) is 3.29. The average molecular weight is 239 g/mol. The van der Waals surface area contributed by atoms with Crippen molar-refractivity contribution in [3.8, 4) is 0 Å². The van der Waals surface area contributed by atoms with Crippen LogP contribution in [0.15, 0.2) is 4.52 Å². The van der Waals surface area contributed by atoms with Crippen molar-refractivity contribution in [3.63, 3.8) is 0 Å². The van der Waals surface area contributed by atoms with Gasteiger partial charge >= 0.3 is 0 Å². The molecule has 2 rings (SSSR count). The summed E-state index contributed by atoms with van der Waals surface area (Å²) in [5.41, 5.74) is 5.44. The lowest BCUT2D eigenvalue weighted by Crippen LogP contribution is -2.45. The van der Waals surface area contributed by atoms with Crippen LogP contribution in [0, 0.1) is 0 Å². The number of nitrogens with two attached hydrogens (primary N) is 1. The molecule has 1 fully saturated rings. The summed E-state index contributed by atoms with van der Waals surface area (Å²) in [5, 5.41) is 4.04. The van der Waals surface area contributed by atoms with Crippen molar-refractivity contribution >= 4 is 5.95 Å². The first-order chi connectivity index (χ1) is 8.03. The monoisotopic (exact) mass is 239 g/mol. The van der Waals surface area contributed by atoms with Gasteiger partial charge in [-0.15, -0.1) is 0 Å². The third-order valence-corrected chi connectivity index (χ3v) is 3.29. The van der Waals surface area contributed by atoms with Gasteiger partial charge in [0.15, 0.2) is 0 Å². The standard InChI is InChI=1S/C11H21N5O/c1-11(2,8-12)9-13-10(14-17-9)16-6-4-15(3)5-7-16/h4-8,12H2,1-3H3. The summed E-state index contributed by atoms with van der Waals surface area (Å²) < 4.78 is 5.30. The molecule has 1 saturated heterocycles. The normalized spacial score (nSPS) is 18.7. The Morgan fingerprint density at radius 2 is 1.94 bits per heavy atom. The van der Waals surface area contributed by atoms with E-state index < -0.39 is 0 Å². The molecule has 1 aliphatic heterocycles. The van der Waals surface area contributed by atoms with Crippen LogP contribution in [-0.2, 0) is 5.41 Å². The van der Waals surface area contributed by atoms with E-state index in [9.17, 15) is 0 Å². The van der Waals surface area contributed by atoms with Gasteiger partial charge in [-0.1, -0.05) is 0 Å². The molecule has 2 N–H and O–H groups in total. The molecule has 0 aliphatic carbocycles. The quantitative estimate of drug-likeness (QED) is 0.804. The summed E-state index contributed by atoms with van der Waals surface area (Å²) in [4.78, 5) is 8.90. The van der Waals surface area contributed by atoms with Crippen LogP contribution in [0.3, 0.4) is 0 Å². The molecule has 1 aromatic heterocycles. The third kappa shape index (κ3) is 2.58. The maximum atomic E-state index is 5.70. The molecule has 0 unspecified atom stereocenters. The fraction of sp³-hybridized carbons (Fsp3) is 0.818. The van der Waals surface area contributed by atoms with Crippen LogP contribution < -0.4 is 10.6 Å². The molecule has 96 valence electrons. The number of aromatic nitrogens is 2. The van der Waals surface area contributed by atoms with Crippen LogP contribution >= 0.6 is 0 Å². The number of likely N-dealkylation sites (N-methyl/N-ethyl adjacent to an activating group) is 1. The van der Waals surface area contributed by atoms with E-state index in [1.807, 2.05) is 13.8 Å². The molecule has 2 heterocycles. The number of piperazine rings is 1. The van der Waals surface area contributed by atoms with E-state index in [1.54, 1.807) is 0 Å². The minimum Gasteiger partial charge on any atom is -0.337 e. The highest BCUT2D eigenvalue weighted by molar-refractivity contribution is 5.29. The van der Waals surface area contributed by atoms with Crippen LogP contribution in [0.1, 0.15) is 19.7 Å². The van der Waals surface area contributed by atoms with Crippen molar-refractivity contribution in [1.29, 1.82) is 0 Å². The van der Waals surface area contributed by atoms with Crippen LogP contribution in [0.4, 0.5) is 5.95 Å². The lowest BCUT2D eigenvalue weighted by Gasteiger charge is -2.31. The SMILES string of the molecule is CN1CCN(c2noc(C(C)(C)CN)n2)CC1. The smallest absolute Gasteiger partial charge is 0.266 e. The van der Waals surface area contributed by atoms with Crippen molar-refractivity contribution in [2.45, 2.75) is 19.3 Å². The number of hydrogen-bond acceptors (Lipinski definition) is 6. The molecule has 17 heavy (non-hydrogen) atoms. The average Bonchev–Trinajstić information content (AvgIpc) is 2.80. The second-order valence-electron chi connectivity index (χ2n) is 5.28. The molecule has 0 aromatic carbocycles. The molecule has 0 atom stereocenters. The Morgan fingerprint density at radius 1 is 1.29 bits per heavy atom. The summed E-state index contributed by atoms with van der Waals surface area (Å²) in [6, 6.07) is 0. The lowest BCUT2D eigenvalue weighted by atomic mass is 9.94. The predicted octanol–water partition coefficient (Wildman–Crippen LogP) is 0.0577. The first-order valence-electron chi connectivity index (χ1n) is 6.01. The van der Waals surface area contributed by atoms with Crippen molar-refractivity contribution in [2.75, 3.05) is 44.7 Å². The molecule has 6 heteroatoms. The minimum atomic E-state index is -0.252. The van der Waals surface area contributed by atoms with Crippen molar-refractivity contribution in [3.05, 3.63) is 5.89 Å². The van der Waals surface area contributed by atoms with Crippen molar-refractivity contribution in [1.82, 2.24) is 15.0 Å². The largest absolute Gasteiger partial charge is 0.337 e. The van der Waals surface area contributed by atoms with Gasteiger partial charge in [-0.25, -0.2) is 0 Å². The fourth-order valence-electron chi connectivity index (χ4n) is 1.71. The first-order valence-corrected chi connectivity index (χ1v) is 6.01. The van der Waals surface area contributed by atoms with Gasteiger partial charge in [-0.05, 0) is 26.1 Å². The zero-order chi connectivity index (χ0) is 12.5. The Balaban J connectivity index is 2.08. The van der Waals surface area contributed by atoms with Gasteiger partial charge in [0.05, 0.1) is 5.41 Å². The molecular weight excluding hydrogens is 218 g/mol. The molecule has 1 aliphatic rings. The van der Waals surface area contributed by atoms with Crippen LogP contribution in [-0.4, -0.2) is 54.8 Å². The number of hydrogen-bond donors (Lipinski definition) is 1. The molecule has 0 amide bonds. The molecule has 1 aromatic rings. The van der Waals surface area contributed by atoms with Gasteiger partial charge in [-0.2, -0.15) is 4.98 Å². The van der Waals surface area contributed by atoms with E-state index in [4.69, 9.17) is 10.3 Å². The fourth-order valence-corrected chi connectivity index (χ4v) is 1.71. The van der Waals surface area contributed by atoms with Crippen LogP contribution in [0.2, 0.25) is 0 Å². The molecule has 6 nitrogen and oxygen atoms in total. The minimum absolute atomic E-state index is 0.252. The van der Waals surface area contributed by atoms with Crippen molar-refractivity contribution in [2.24, 2.45) is 5.73 Å². The highest BCUT2D eigenvalue weighted by atomic mass is 16.5. The van der Waals surface area contributed by atoms with E-state index in [0.717, 1.165) is 26.2 Å². The Morgan fingerprint density at radius 3 is 2.53 bits per heavy atom. The summed E-state index contributed by atoms with van der Waals surface area (Å²) in [6.45, 7) is 8.46. The summed E-state index contributed by atoms with van der Waals surface area (Å²) in [6.07, 6.45) is 0. The van der Waals surface area contributed by atoms with E-state index >= 15 is 0 Å². The number of rotatable bonds is 3. The molecule has 0 bridgehead atoms. The Labute approximate surface area is 102 Å². The van der Waals surface area contributed by atoms with Gasteiger partial charge in [0.1, 0.15) is 0 Å². The van der Waals surface area contributed by atoms with E-state index in [-0.39, 0.29) is 5.41 Å². The van der Waals surface area contributed by atoms with E-state index in [1.165, 1.54) is 0 Å². The van der Waals surface area contributed by atoms with Gasteiger partial charge in [0.2, 0.25) is 5.89 Å². The van der Waals surface area contributed by atoms with Crippen LogP contribution in [0.5, 0.6) is 0 Å². The highest BCUT2D eigenvalue weighted by Crippen LogP contribution is 2.22. The topological polar surface area (TPSA) is 71.4 Å². The summed E-state index contributed by atoms with van der Waals surface area (Å²) in [7, 11) is 2.12. The van der Waals surface area contributed by atoms with Crippen LogP contribution in [0.25, 0.3) is 0 Å². The zero-order valence-corrected chi connectivity index (χ0v) is 10.8. The summed E-state index contributed by atoms with van der Waals surface area (Å²) in [5.74, 6) is 1.31. The highest BCUT2D eigenvalue weighted by Gasteiger charge is 2.28. The van der Waals surface area contributed by atoms with Gasteiger partial charge in [0, 0.05) is 32.7 Å². The van der Waals surface area contributed by atoms with Gasteiger partial charge in [0.25, 0.3) is 5.95 Å². The molecule has 0 saturated carbocycles. The molecule has 0 radical (unpaired) electrons. The Hall–Kier alpha value is -1.14. The Kier molecular flexibility index (Phi) is 3.35. The predicted molar refractivity (Wildman–Crippen MR) is 66.1 cm³/mol. The summed E-state index contributed by atoms with van der Waals surface area (Å²) >= 11 is 0. The zero-order valence-electron chi connectivity index (χ0n) is 10.8. The van der Waals surface area contributed by atoms with Gasteiger partial charge < -0.3 is 20.1 Å². The maximum absolute atomic E-state index is 5.70. The lowest BCUT2D eigenvalue weighted by molar-refractivity contribution is 0.301. The second-order valence-corrected chi connectivity index (χ2v) is 5.28. The van der Waals surface area contributed by atoms with E-state index in [2.05, 4.69) is 27.0 Å². The maximum Gasteiger partial charge on any atom is 0.266 e. The van der Waals surface area contributed by atoms with Crippen molar-refractivity contribution < 1.29 is 4.52 Å². The molecular formula is C11H21N5O. The van der Waals surface area contributed by atoms with E-state index in [0.29, 0.717) is 18.4 Å². The second kappa shape index (κ2) is 4.62. The molecule has 0 spiro atoms.